The van der Waals surface area contributed by atoms with E-state index in [4.69, 9.17) is 4.74 Å². The van der Waals surface area contributed by atoms with Gasteiger partial charge in [0.2, 0.25) is 5.91 Å². The smallest absolute Gasteiger partial charge is 0.228 e. The second-order valence-electron chi connectivity index (χ2n) is 5.07. The number of aryl methyl sites for hydroxylation is 1. The van der Waals surface area contributed by atoms with Gasteiger partial charge in [-0.25, -0.2) is 4.98 Å². The zero-order valence-electron chi connectivity index (χ0n) is 13.6. The molecule has 0 bridgehead atoms. The summed E-state index contributed by atoms with van der Waals surface area (Å²) in [5.74, 6) is 2.55. The SMILES string of the molecule is COc1ccc(CCC(=O)N(CCSC)c2ccccn2)cc1. The van der Waals surface area contributed by atoms with Gasteiger partial charge in [-0.1, -0.05) is 18.2 Å². The molecular formula is C18H22N2O2S. The van der Waals surface area contributed by atoms with E-state index in [1.54, 1.807) is 30.0 Å². The van der Waals surface area contributed by atoms with Crippen LogP contribution in [0.25, 0.3) is 0 Å². The molecule has 0 fully saturated rings. The van der Waals surface area contributed by atoms with Gasteiger partial charge >= 0.3 is 0 Å². The Balaban J connectivity index is 1.99. The summed E-state index contributed by atoms with van der Waals surface area (Å²) in [6, 6.07) is 13.5. The van der Waals surface area contributed by atoms with Gasteiger partial charge in [0.15, 0.2) is 0 Å². The number of anilines is 1. The van der Waals surface area contributed by atoms with Gasteiger partial charge in [0.25, 0.3) is 0 Å². The normalized spacial score (nSPS) is 10.3. The van der Waals surface area contributed by atoms with E-state index in [1.165, 1.54) is 0 Å². The third-order valence-electron chi connectivity index (χ3n) is 3.53. The summed E-state index contributed by atoms with van der Waals surface area (Å²) in [6.45, 7) is 0.680. The lowest BCUT2D eigenvalue weighted by Gasteiger charge is -2.21. The minimum absolute atomic E-state index is 0.105. The second-order valence-corrected chi connectivity index (χ2v) is 6.06. The fourth-order valence-corrected chi connectivity index (χ4v) is 2.61. The minimum Gasteiger partial charge on any atom is -0.497 e. The molecule has 0 spiro atoms. The summed E-state index contributed by atoms with van der Waals surface area (Å²) in [5, 5.41) is 0. The number of amides is 1. The molecule has 0 aliphatic rings. The van der Waals surface area contributed by atoms with Crippen LogP contribution in [0.3, 0.4) is 0 Å². The number of carbonyl (C=O) groups excluding carboxylic acids is 1. The van der Waals surface area contributed by atoms with Crippen LogP contribution < -0.4 is 9.64 Å². The number of hydrogen-bond acceptors (Lipinski definition) is 4. The van der Waals surface area contributed by atoms with Gasteiger partial charge in [0, 0.05) is 24.9 Å². The third kappa shape index (κ3) is 5.28. The number of thioether (sulfide) groups is 1. The van der Waals surface area contributed by atoms with Crippen LogP contribution in [-0.4, -0.2) is 36.6 Å². The Hall–Kier alpha value is -2.01. The summed E-state index contributed by atoms with van der Waals surface area (Å²) in [7, 11) is 1.65. The Morgan fingerprint density at radius 3 is 2.61 bits per heavy atom. The predicted molar refractivity (Wildman–Crippen MR) is 96.3 cm³/mol. The van der Waals surface area contributed by atoms with Crippen LogP contribution in [0.1, 0.15) is 12.0 Å². The molecule has 2 rings (SSSR count). The number of methoxy groups -OCH3 is 1. The van der Waals surface area contributed by atoms with Crippen LogP contribution in [0.2, 0.25) is 0 Å². The molecule has 1 aromatic heterocycles. The number of nitrogens with zero attached hydrogens (tertiary/aromatic N) is 2. The maximum atomic E-state index is 12.6. The van der Waals surface area contributed by atoms with Gasteiger partial charge < -0.3 is 4.74 Å². The highest BCUT2D eigenvalue weighted by Crippen LogP contribution is 2.15. The largest absolute Gasteiger partial charge is 0.497 e. The van der Waals surface area contributed by atoms with Crippen LogP contribution in [-0.2, 0) is 11.2 Å². The van der Waals surface area contributed by atoms with Crippen molar-refractivity contribution >= 4 is 23.5 Å². The third-order valence-corrected chi connectivity index (χ3v) is 4.12. The molecule has 1 heterocycles. The summed E-state index contributed by atoms with van der Waals surface area (Å²) < 4.78 is 5.15. The quantitative estimate of drug-likeness (QED) is 0.744. The highest BCUT2D eigenvalue weighted by molar-refractivity contribution is 7.98. The van der Waals surface area contributed by atoms with Crippen LogP contribution >= 0.6 is 11.8 Å². The molecule has 0 unspecified atom stereocenters. The van der Waals surface area contributed by atoms with Gasteiger partial charge in [-0.2, -0.15) is 11.8 Å². The molecule has 1 amide bonds. The molecule has 0 aliphatic carbocycles. The molecule has 23 heavy (non-hydrogen) atoms. The number of pyridine rings is 1. The van der Waals surface area contributed by atoms with Crippen LogP contribution in [0.5, 0.6) is 5.75 Å². The first-order chi connectivity index (χ1) is 11.2. The van der Waals surface area contributed by atoms with Crippen molar-refractivity contribution in [3.8, 4) is 5.75 Å². The van der Waals surface area contributed by atoms with Crippen molar-refractivity contribution < 1.29 is 9.53 Å². The van der Waals surface area contributed by atoms with Crippen molar-refractivity contribution in [3.63, 3.8) is 0 Å². The zero-order valence-corrected chi connectivity index (χ0v) is 14.4. The van der Waals surface area contributed by atoms with E-state index < -0.39 is 0 Å². The molecule has 0 saturated carbocycles. The fraction of sp³-hybridized carbons (Fsp3) is 0.333. The van der Waals surface area contributed by atoms with E-state index >= 15 is 0 Å². The Morgan fingerprint density at radius 1 is 1.22 bits per heavy atom. The number of benzene rings is 1. The lowest BCUT2D eigenvalue weighted by Crippen LogP contribution is -2.33. The van der Waals surface area contributed by atoms with E-state index in [0.717, 1.165) is 22.9 Å². The minimum atomic E-state index is 0.105. The monoisotopic (exact) mass is 330 g/mol. The fourth-order valence-electron chi connectivity index (χ4n) is 2.24. The molecule has 122 valence electrons. The van der Waals surface area contributed by atoms with Gasteiger partial charge in [-0.15, -0.1) is 0 Å². The van der Waals surface area contributed by atoms with Gasteiger partial charge in [0.05, 0.1) is 7.11 Å². The first-order valence-electron chi connectivity index (χ1n) is 7.58. The molecule has 0 radical (unpaired) electrons. The van der Waals surface area contributed by atoms with Crippen molar-refractivity contribution in [3.05, 3.63) is 54.2 Å². The summed E-state index contributed by atoms with van der Waals surface area (Å²) in [5.41, 5.74) is 1.13. The summed E-state index contributed by atoms with van der Waals surface area (Å²) in [4.78, 5) is 18.7. The molecule has 0 aliphatic heterocycles. The van der Waals surface area contributed by atoms with Crippen LogP contribution in [0.15, 0.2) is 48.7 Å². The molecule has 1 aromatic carbocycles. The Kier molecular flexibility index (Phi) is 6.94. The first kappa shape index (κ1) is 17.3. The average Bonchev–Trinajstić information content (AvgIpc) is 2.61. The van der Waals surface area contributed by atoms with Crippen molar-refractivity contribution in [2.75, 3.05) is 30.6 Å². The highest BCUT2D eigenvalue weighted by atomic mass is 32.2. The number of hydrogen-bond donors (Lipinski definition) is 0. The lowest BCUT2D eigenvalue weighted by molar-refractivity contribution is -0.118. The Morgan fingerprint density at radius 2 is 2.00 bits per heavy atom. The van der Waals surface area contributed by atoms with Crippen molar-refractivity contribution in [2.45, 2.75) is 12.8 Å². The van der Waals surface area contributed by atoms with Gasteiger partial charge in [-0.05, 0) is 42.5 Å². The standard InChI is InChI=1S/C18H22N2O2S/c1-22-16-9-6-15(7-10-16)8-11-18(21)20(13-14-23-2)17-5-3-4-12-19-17/h3-7,9-10,12H,8,11,13-14H2,1-2H3. The highest BCUT2D eigenvalue weighted by Gasteiger charge is 2.16. The topological polar surface area (TPSA) is 42.4 Å². The van der Waals surface area contributed by atoms with E-state index in [0.29, 0.717) is 19.4 Å². The van der Waals surface area contributed by atoms with Crippen LogP contribution in [0, 0.1) is 0 Å². The molecular weight excluding hydrogens is 308 g/mol. The number of rotatable bonds is 8. The Bertz CT molecular complexity index is 602. The van der Waals surface area contributed by atoms with Gasteiger partial charge in [0.1, 0.15) is 11.6 Å². The molecule has 0 atom stereocenters. The number of ether oxygens (including phenoxy) is 1. The zero-order chi connectivity index (χ0) is 16.5. The molecule has 4 nitrogen and oxygen atoms in total. The van der Waals surface area contributed by atoms with Crippen molar-refractivity contribution in [1.82, 2.24) is 4.98 Å². The van der Waals surface area contributed by atoms with Crippen LogP contribution in [0.4, 0.5) is 5.82 Å². The maximum Gasteiger partial charge on any atom is 0.228 e. The number of aromatic nitrogens is 1. The number of carbonyl (C=O) groups is 1. The maximum absolute atomic E-state index is 12.6. The molecule has 5 heteroatoms. The Labute approximate surface area is 141 Å². The first-order valence-corrected chi connectivity index (χ1v) is 8.97. The lowest BCUT2D eigenvalue weighted by atomic mass is 10.1. The second kappa shape index (κ2) is 9.20. The predicted octanol–water partition coefficient (Wildman–Crippen LogP) is 3.42. The molecule has 2 aromatic rings. The van der Waals surface area contributed by atoms with Crippen molar-refractivity contribution in [1.29, 1.82) is 0 Å². The van der Waals surface area contributed by atoms with Crippen molar-refractivity contribution in [2.24, 2.45) is 0 Å². The van der Waals surface area contributed by atoms with E-state index in [9.17, 15) is 4.79 Å². The van der Waals surface area contributed by atoms with E-state index in [-0.39, 0.29) is 5.91 Å². The molecule has 0 saturated heterocycles. The molecule has 0 N–H and O–H groups in total. The average molecular weight is 330 g/mol. The van der Waals surface area contributed by atoms with E-state index in [2.05, 4.69) is 4.98 Å². The summed E-state index contributed by atoms with van der Waals surface area (Å²) >= 11 is 1.73. The van der Waals surface area contributed by atoms with Gasteiger partial charge in [-0.3, -0.25) is 9.69 Å². The summed E-state index contributed by atoms with van der Waals surface area (Å²) in [6.07, 6.45) is 4.94. The van der Waals surface area contributed by atoms with E-state index in [1.807, 2.05) is 48.7 Å².